The molecule has 0 N–H and O–H groups in total. The molecule has 0 aromatic carbocycles. The Bertz CT molecular complexity index is 598. The molecule has 0 saturated heterocycles. The lowest BCUT2D eigenvalue weighted by Gasteiger charge is -2.33. The molecule has 7 nitrogen and oxygen atoms in total. The lowest BCUT2D eigenvalue weighted by atomic mass is 10.2. The Morgan fingerprint density at radius 3 is 3.05 bits per heavy atom. The summed E-state index contributed by atoms with van der Waals surface area (Å²) in [5.41, 5.74) is 1.35. The van der Waals surface area contributed by atoms with Gasteiger partial charge >= 0.3 is 0 Å². The van der Waals surface area contributed by atoms with Crippen LogP contribution < -0.4 is 0 Å². The van der Waals surface area contributed by atoms with E-state index < -0.39 is 0 Å². The van der Waals surface area contributed by atoms with Crippen molar-refractivity contribution in [3.8, 4) is 0 Å². The quantitative estimate of drug-likeness (QED) is 0.815. The standard InChI is InChI=1S/C13H15N5O2/c1-20-8-11-7-17(6-10-4-15-9-18(10)11)13(19)12-5-14-2-3-16-12/h2-5,9,11H,6-8H2,1H3. The van der Waals surface area contributed by atoms with Crippen LogP contribution in [0.2, 0.25) is 0 Å². The molecule has 20 heavy (non-hydrogen) atoms. The number of imidazole rings is 1. The molecule has 0 bridgehead atoms. The van der Waals surface area contributed by atoms with Gasteiger partial charge in [-0.1, -0.05) is 0 Å². The predicted octanol–water partition coefficient (Wildman–Crippen LogP) is 0.517. The number of amides is 1. The summed E-state index contributed by atoms with van der Waals surface area (Å²) >= 11 is 0. The molecule has 3 heterocycles. The number of methoxy groups -OCH3 is 1. The zero-order valence-corrected chi connectivity index (χ0v) is 11.1. The number of ether oxygens (including phenoxy) is 1. The van der Waals surface area contributed by atoms with Gasteiger partial charge in [0.05, 0.1) is 37.4 Å². The van der Waals surface area contributed by atoms with Crippen molar-refractivity contribution in [1.82, 2.24) is 24.4 Å². The predicted molar refractivity (Wildman–Crippen MR) is 69.9 cm³/mol. The van der Waals surface area contributed by atoms with Gasteiger partial charge in [0.15, 0.2) is 0 Å². The number of aromatic nitrogens is 4. The second kappa shape index (κ2) is 5.38. The van der Waals surface area contributed by atoms with Crippen molar-refractivity contribution >= 4 is 5.91 Å². The van der Waals surface area contributed by atoms with Gasteiger partial charge in [-0.15, -0.1) is 0 Å². The van der Waals surface area contributed by atoms with Crippen molar-refractivity contribution in [3.63, 3.8) is 0 Å². The molecule has 1 amide bonds. The minimum atomic E-state index is -0.119. The highest BCUT2D eigenvalue weighted by molar-refractivity contribution is 5.92. The van der Waals surface area contributed by atoms with E-state index in [9.17, 15) is 4.79 Å². The molecule has 1 atom stereocenters. The lowest BCUT2D eigenvalue weighted by molar-refractivity contribution is 0.0594. The Balaban J connectivity index is 1.84. The molecule has 0 saturated carbocycles. The SMILES string of the molecule is COCC1CN(C(=O)c2cnccn2)Cc2cncn21. The number of rotatable bonds is 3. The Hall–Kier alpha value is -2.28. The smallest absolute Gasteiger partial charge is 0.274 e. The van der Waals surface area contributed by atoms with Crippen molar-refractivity contribution in [2.75, 3.05) is 20.3 Å². The third-order valence-electron chi connectivity index (χ3n) is 3.35. The van der Waals surface area contributed by atoms with E-state index in [2.05, 4.69) is 19.5 Å². The molecule has 1 aliphatic rings. The zero-order chi connectivity index (χ0) is 13.9. The third-order valence-corrected chi connectivity index (χ3v) is 3.35. The molecule has 1 aliphatic heterocycles. The van der Waals surface area contributed by atoms with E-state index in [-0.39, 0.29) is 11.9 Å². The van der Waals surface area contributed by atoms with Crippen LogP contribution in [0, 0.1) is 0 Å². The fraction of sp³-hybridized carbons (Fsp3) is 0.385. The molecular weight excluding hydrogens is 258 g/mol. The Labute approximate surface area is 116 Å². The minimum Gasteiger partial charge on any atom is -0.382 e. The maximum absolute atomic E-state index is 12.4. The largest absolute Gasteiger partial charge is 0.382 e. The van der Waals surface area contributed by atoms with E-state index in [1.807, 2.05) is 0 Å². The normalized spacial score (nSPS) is 17.9. The first-order valence-electron chi connectivity index (χ1n) is 6.34. The molecular formula is C13H15N5O2. The van der Waals surface area contributed by atoms with E-state index in [1.165, 1.54) is 12.4 Å². The number of hydrogen-bond acceptors (Lipinski definition) is 5. The van der Waals surface area contributed by atoms with Gasteiger partial charge in [0.25, 0.3) is 5.91 Å². The summed E-state index contributed by atoms with van der Waals surface area (Å²) in [5.74, 6) is -0.119. The van der Waals surface area contributed by atoms with Crippen molar-refractivity contribution < 1.29 is 9.53 Å². The maximum Gasteiger partial charge on any atom is 0.274 e. The van der Waals surface area contributed by atoms with E-state index >= 15 is 0 Å². The molecule has 1 unspecified atom stereocenters. The van der Waals surface area contributed by atoms with E-state index in [1.54, 1.807) is 30.7 Å². The van der Waals surface area contributed by atoms with Crippen LogP contribution in [-0.4, -0.2) is 50.6 Å². The van der Waals surface area contributed by atoms with Crippen LogP contribution in [0.3, 0.4) is 0 Å². The van der Waals surface area contributed by atoms with Crippen molar-refractivity contribution in [2.45, 2.75) is 12.6 Å². The molecule has 3 rings (SSSR count). The summed E-state index contributed by atoms with van der Waals surface area (Å²) in [5, 5.41) is 0. The van der Waals surface area contributed by atoms with Gasteiger partial charge in [-0.2, -0.15) is 0 Å². The van der Waals surface area contributed by atoms with Crippen molar-refractivity contribution in [3.05, 3.63) is 42.5 Å². The van der Waals surface area contributed by atoms with Gasteiger partial charge in [0.2, 0.25) is 0 Å². The summed E-state index contributed by atoms with van der Waals surface area (Å²) < 4.78 is 7.29. The van der Waals surface area contributed by atoms with Crippen molar-refractivity contribution in [1.29, 1.82) is 0 Å². The minimum absolute atomic E-state index is 0.0758. The Kier molecular flexibility index (Phi) is 3.42. The Morgan fingerprint density at radius 1 is 1.40 bits per heavy atom. The highest BCUT2D eigenvalue weighted by atomic mass is 16.5. The summed E-state index contributed by atoms with van der Waals surface area (Å²) in [6, 6.07) is 0.0758. The molecule has 0 fully saturated rings. The third kappa shape index (κ3) is 2.27. The van der Waals surface area contributed by atoms with Gasteiger partial charge in [-0.3, -0.25) is 9.78 Å². The second-order valence-corrected chi connectivity index (χ2v) is 4.68. The fourth-order valence-corrected chi connectivity index (χ4v) is 2.44. The summed E-state index contributed by atoms with van der Waals surface area (Å²) in [4.78, 5) is 26.3. The van der Waals surface area contributed by atoms with Crippen LogP contribution >= 0.6 is 0 Å². The van der Waals surface area contributed by atoms with Gasteiger partial charge in [0.1, 0.15) is 5.69 Å². The second-order valence-electron chi connectivity index (χ2n) is 4.68. The van der Waals surface area contributed by atoms with Gasteiger partial charge < -0.3 is 14.2 Å². The van der Waals surface area contributed by atoms with E-state index in [0.717, 1.165) is 5.69 Å². The summed E-state index contributed by atoms with van der Waals surface area (Å²) in [6.07, 6.45) is 8.12. The average Bonchev–Trinajstić information content (AvgIpc) is 2.96. The first kappa shape index (κ1) is 12.7. The van der Waals surface area contributed by atoms with Gasteiger partial charge in [-0.05, 0) is 0 Å². The van der Waals surface area contributed by atoms with Crippen molar-refractivity contribution in [2.24, 2.45) is 0 Å². The fourth-order valence-electron chi connectivity index (χ4n) is 2.44. The van der Waals surface area contributed by atoms with Crippen LogP contribution in [0.25, 0.3) is 0 Å². The van der Waals surface area contributed by atoms with E-state index in [0.29, 0.717) is 25.4 Å². The topological polar surface area (TPSA) is 73.1 Å². The number of hydrogen-bond donors (Lipinski definition) is 0. The number of carbonyl (C=O) groups is 1. The highest BCUT2D eigenvalue weighted by Crippen LogP contribution is 2.22. The molecule has 104 valence electrons. The van der Waals surface area contributed by atoms with Gasteiger partial charge in [-0.25, -0.2) is 9.97 Å². The monoisotopic (exact) mass is 273 g/mol. The molecule has 0 radical (unpaired) electrons. The highest BCUT2D eigenvalue weighted by Gasteiger charge is 2.29. The van der Waals surface area contributed by atoms with Crippen LogP contribution in [0.1, 0.15) is 22.2 Å². The van der Waals surface area contributed by atoms with Gasteiger partial charge in [0, 0.05) is 32.2 Å². The molecule has 0 aliphatic carbocycles. The molecule has 7 heteroatoms. The van der Waals surface area contributed by atoms with Crippen LogP contribution in [0.5, 0.6) is 0 Å². The summed E-state index contributed by atoms with van der Waals surface area (Å²) in [7, 11) is 1.65. The number of nitrogens with zero attached hydrogens (tertiary/aromatic N) is 5. The Morgan fingerprint density at radius 2 is 2.30 bits per heavy atom. The average molecular weight is 273 g/mol. The molecule has 2 aromatic rings. The van der Waals surface area contributed by atoms with Crippen LogP contribution in [0.4, 0.5) is 0 Å². The summed E-state index contributed by atoms with van der Waals surface area (Å²) in [6.45, 7) is 1.63. The maximum atomic E-state index is 12.4. The number of carbonyl (C=O) groups excluding carboxylic acids is 1. The van der Waals surface area contributed by atoms with E-state index in [4.69, 9.17) is 4.74 Å². The number of fused-ring (bicyclic) bond motifs is 1. The first-order chi connectivity index (χ1) is 9.79. The van der Waals surface area contributed by atoms with Crippen LogP contribution in [0.15, 0.2) is 31.1 Å². The molecule has 0 spiro atoms. The van der Waals surface area contributed by atoms with Crippen LogP contribution in [-0.2, 0) is 11.3 Å². The lowest BCUT2D eigenvalue weighted by Crippen LogP contribution is -2.42. The first-order valence-corrected chi connectivity index (χ1v) is 6.34. The zero-order valence-electron chi connectivity index (χ0n) is 11.1. The molecule has 2 aromatic heterocycles.